The predicted octanol–water partition coefficient (Wildman–Crippen LogP) is 4.80. The van der Waals surface area contributed by atoms with E-state index in [0.717, 1.165) is 28.5 Å². The smallest absolute Gasteiger partial charge is 0.322 e. The lowest BCUT2D eigenvalue weighted by molar-refractivity contribution is -0.135. The van der Waals surface area contributed by atoms with Crippen LogP contribution in [0.25, 0.3) is 22.0 Å². The van der Waals surface area contributed by atoms with Crippen LogP contribution in [0.5, 0.6) is 0 Å². The van der Waals surface area contributed by atoms with Gasteiger partial charge in [0, 0.05) is 29.6 Å². The van der Waals surface area contributed by atoms with Crippen molar-refractivity contribution in [1.82, 2.24) is 10.3 Å². The Morgan fingerprint density at radius 2 is 1.78 bits per heavy atom. The summed E-state index contributed by atoms with van der Waals surface area (Å²) in [7, 11) is 0. The fourth-order valence-corrected chi connectivity index (χ4v) is 4.34. The minimum absolute atomic E-state index is 0.395. The number of carbonyl (C=O) groups excluding carboxylic acids is 1. The van der Waals surface area contributed by atoms with Crippen LogP contribution in [0.15, 0.2) is 72.1 Å². The number of benzene rings is 3. The van der Waals surface area contributed by atoms with Gasteiger partial charge < -0.3 is 15.3 Å². The molecule has 0 aliphatic carbocycles. The van der Waals surface area contributed by atoms with Crippen LogP contribution >= 0.6 is 11.3 Å². The van der Waals surface area contributed by atoms with Gasteiger partial charge in [-0.3, -0.25) is 9.59 Å². The molecule has 0 saturated carbocycles. The number of nitrogens with one attached hydrogen (secondary N) is 1. The summed E-state index contributed by atoms with van der Waals surface area (Å²) in [5.41, 5.74) is 3.54. The zero-order chi connectivity index (χ0) is 22.5. The second kappa shape index (κ2) is 9.62. The SMILES string of the molecule is CCN(Cc1ccc(C(=O)NCC(=O)O)cc1)c1nc(-c2ccc3ccccc3c2)cs1. The van der Waals surface area contributed by atoms with Gasteiger partial charge in [0.25, 0.3) is 5.91 Å². The number of carboxylic acid groups (broad SMARTS) is 1. The first-order valence-corrected chi connectivity index (χ1v) is 11.2. The van der Waals surface area contributed by atoms with E-state index in [1.807, 2.05) is 24.3 Å². The molecule has 6 nitrogen and oxygen atoms in total. The molecule has 0 saturated heterocycles. The van der Waals surface area contributed by atoms with Crippen molar-refractivity contribution in [3.05, 3.63) is 83.2 Å². The average molecular weight is 446 g/mol. The minimum Gasteiger partial charge on any atom is -0.480 e. The molecule has 162 valence electrons. The van der Waals surface area contributed by atoms with Crippen molar-refractivity contribution in [3.8, 4) is 11.3 Å². The number of carbonyl (C=O) groups is 2. The van der Waals surface area contributed by atoms with Crippen LogP contribution in [0.4, 0.5) is 5.13 Å². The maximum atomic E-state index is 12.0. The molecule has 0 spiro atoms. The molecule has 1 heterocycles. The van der Waals surface area contributed by atoms with Crippen LogP contribution in [-0.2, 0) is 11.3 Å². The first kappa shape index (κ1) is 21.5. The monoisotopic (exact) mass is 445 g/mol. The first-order valence-electron chi connectivity index (χ1n) is 10.3. The van der Waals surface area contributed by atoms with Gasteiger partial charge in [0.2, 0.25) is 0 Å². The summed E-state index contributed by atoms with van der Waals surface area (Å²) in [6, 6.07) is 21.9. The lowest BCUT2D eigenvalue weighted by atomic mass is 10.1. The molecule has 0 bridgehead atoms. The summed E-state index contributed by atoms with van der Waals surface area (Å²) < 4.78 is 0. The van der Waals surface area contributed by atoms with Gasteiger partial charge in [0.05, 0.1) is 5.69 Å². The number of hydrogen-bond acceptors (Lipinski definition) is 5. The van der Waals surface area contributed by atoms with Gasteiger partial charge >= 0.3 is 5.97 Å². The molecule has 7 heteroatoms. The second-order valence-electron chi connectivity index (χ2n) is 7.36. The standard InChI is InChI=1S/C25H23N3O3S/c1-2-28(15-17-7-9-19(10-8-17)24(31)26-14-23(29)30)25-27-22(16-32-25)21-12-11-18-5-3-4-6-20(18)13-21/h3-13,16H,2,14-15H2,1H3,(H,26,31)(H,29,30). The fourth-order valence-electron chi connectivity index (χ4n) is 3.45. The molecule has 4 rings (SSSR count). The van der Waals surface area contributed by atoms with Gasteiger partial charge in [0.1, 0.15) is 6.54 Å². The molecular formula is C25H23N3O3S. The predicted molar refractivity (Wildman–Crippen MR) is 128 cm³/mol. The van der Waals surface area contributed by atoms with Crippen LogP contribution in [0.1, 0.15) is 22.8 Å². The summed E-state index contributed by atoms with van der Waals surface area (Å²) in [6.07, 6.45) is 0. The highest BCUT2D eigenvalue weighted by molar-refractivity contribution is 7.14. The molecule has 1 aromatic heterocycles. The molecule has 0 fully saturated rings. The Hall–Kier alpha value is -3.71. The number of carboxylic acids is 1. The normalized spacial score (nSPS) is 10.8. The molecule has 0 atom stereocenters. The van der Waals surface area contributed by atoms with Gasteiger partial charge in [-0.1, -0.05) is 48.5 Å². The van der Waals surface area contributed by atoms with E-state index in [-0.39, 0.29) is 0 Å². The number of thiazole rings is 1. The van der Waals surface area contributed by atoms with E-state index in [9.17, 15) is 9.59 Å². The summed E-state index contributed by atoms with van der Waals surface area (Å²) in [5.74, 6) is -1.47. The molecule has 1 amide bonds. The van der Waals surface area contributed by atoms with E-state index in [0.29, 0.717) is 12.1 Å². The Balaban J connectivity index is 1.46. The van der Waals surface area contributed by atoms with Gasteiger partial charge in [0.15, 0.2) is 5.13 Å². The lowest BCUT2D eigenvalue weighted by Gasteiger charge is -2.20. The van der Waals surface area contributed by atoms with E-state index >= 15 is 0 Å². The van der Waals surface area contributed by atoms with Crippen LogP contribution < -0.4 is 10.2 Å². The van der Waals surface area contributed by atoms with E-state index in [1.165, 1.54) is 10.8 Å². The zero-order valence-corrected chi connectivity index (χ0v) is 18.4. The van der Waals surface area contributed by atoms with Crippen LogP contribution in [0.2, 0.25) is 0 Å². The first-order chi connectivity index (χ1) is 15.5. The molecular weight excluding hydrogens is 422 g/mol. The zero-order valence-electron chi connectivity index (χ0n) is 17.6. The number of fused-ring (bicyclic) bond motifs is 1. The molecule has 0 aliphatic rings. The summed E-state index contributed by atoms with van der Waals surface area (Å²) in [5, 5.41) is 16.5. The number of nitrogens with zero attached hydrogens (tertiary/aromatic N) is 2. The van der Waals surface area contributed by atoms with Crippen molar-refractivity contribution >= 4 is 39.1 Å². The van der Waals surface area contributed by atoms with Gasteiger partial charge in [-0.2, -0.15) is 0 Å². The van der Waals surface area contributed by atoms with Crippen molar-refractivity contribution in [2.75, 3.05) is 18.0 Å². The highest BCUT2D eigenvalue weighted by Gasteiger charge is 2.13. The van der Waals surface area contributed by atoms with E-state index in [4.69, 9.17) is 10.1 Å². The van der Waals surface area contributed by atoms with E-state index in [1.54, 1.807) is 23.5 Å². The van der Waals surface area contributed by atoms with Crippen molar-refractivity contribution in [1.29, 1.82) is 0 Å². The number of anilines is 1. The third kappa shape index (κ3) is 4.95. The number of aliphatic carboxylic acids is 1. The van der Waals surface area contributed by atoms with Gasteiger partial charge in [-0.15, -0.1) is 11.3 Å². The third-order valence-electron chi connectivity index (χ3n) is 5.18. The topological polar surface area (TPSA) is 82.5 Å². The Morgan fingerprint density at radius 3 is 2.50 bits per heavy atom. The van der Waals surface area contributed by atoms with Crippen LogP contribution in [-0.4, -0.2) is 35.1 Å². The van der Waals surface area contributed by atoms with Crippen molar-refractivity contribution in [2.45, 2.75) is 13.5 Å². The summed E-state index contributed by atoms with van der Waals surface area (Å²) in [6.45, 7) is 3.16. The third-order valence-corrected chi connectivity index (χ3v) is 6.08. The Bertz CT molecular complexity index is 1250. The quantitative estimate of drug-likeness (QED) is 0.407. The Kier molecular flexibility index (Phi) is 6.47. The lowest BCUT2D eigenvalue weighted by Crippen LogP contribution is -2.29. The highest BCUT2D eigenvalue weighted by Crippen LogP contribution is 2.30. The summed E-state index contributed by atoms with van der Waals surface area (Å²) >= 11 is 1.61. The van der Waals surface area contributed by atoms with Crippen LogP contribution in [0.3, 0.4) is 0 Å². The number of aromatic nitrogens is 1. The van der Waals surface area contributed by atoms with Crippen molar-refractivity contribution < 1.29 is 14.7 Å². The van der Waals surface area contributed by atoms with Gasteiger partial charge in [-0.05, 0) is 41.5 Å². The molecule has 0 radical (unpaired) electrons. The van der Waals surface area contributed by atoms with Crippen LogP contribution in [0, 0.1) is 0 Å². The number of amides is 1. The molecule has 32 heavy (non-hydrogen) atoms. The minimum atomic E-state index is -1.07. The molecule has 0 unspecified atom stereocenters. The maximum absolute atomic E-state index is 12.0. The second-order valence-corrected chi connectivity index (χ2v) is 8.20. The molecule has 2 N–H and O–H groups in total. The maximum Gasteiger partial charge on any atom is 0.322 e. The Morgan fingerprint density at radius 1 is 1.03 bits per heavy atom. The van der Waals surface area contributed by atoms with E-state index in [2.05, 4.69) is 52.9 Å². The highest BCUT2D eigenvalue weighted by atomic mass is 32.1. The van der Waals surface area contributed by atoms with Crippen molar-refractivity contribution in [2.24, 2.45) is 0 Å². The molecule has 3 aromatic carbocycles. The van der Waals surface area contributed by atoms with E-state index < -0.39 is 18.4 Å². The number of rotatable bonds is 8. The average Bonchev–Trinajstić information content (AvgIpc) is 3.31. The molecule has 4 aromatic rings. The Labute approximate surface area is 190 Å². The van der Waals surface area contributed by atoms with Crippen molar-refractivity contribution in [3.63, 3.8) is 0 Å². The summed E-state index contributed by atoms with van der Waals surface area (Å²) in [4.78, 5) is 29.6. The number of hydrogen-bond donors (Lipinski definition) is 2. The largest absolute Gasteiger partial charge is 0.480 e. The molecule has 0 aliphatic heterocycles. The fraction of sp³-hybridized carbons (Fsp3) is 0.160. The van der Waals surface area contributed by atoms with Gasteiger partial charge in [-0.25, -0.2) is 4.98 Å².